The minimum absolute atomic E-state index is 0.624. The molecular weight excluding hydrogens is 304 g/mol. The monoisotopic (exact) mass is 332 g/mol. The molecule has 0 saturated carbocycles. The average Bonchev–Trinajstić information content (AvgIpc) is 2.85. The zero-order valence-corrected chi connectivity index (χ0v) is 15.6. The number of likely N-dealkylation sites (N-methyl/N-ethyl adjacent to an activating group) is 1. The quantitative estimate of drug-likeness (QED) is 0.493. The summed E-state index contributed by atoms with van der Waals surface area (Å²) in [5.41, 5.74) is 15.4. The Labute approximate surface area is 140 Å². The van der Waals surface area contributed by atoms with Crippen LogP contribution >= 0.6 is 0 Å². The molecule has 6 heteroatoms. The number of nitrogens with zero attached hydrogens (tertiary/aromatic N) is 2. The fourth-order valence-corrected chi connectivity index (χ4v) is 3.91. The SMILES string of the molecule is CN1CC2=C(NN(COCC[Si](C)(C)C)C2)c2cccc(N)c21. The first-order chi connectivity index (χ1) is 10.8. The van der Waals surface area contributed by atoms with Crippen LogP contribution in [0.15, 0.2) is 23.8 Å². The molecule has 3 rings (SSSR count). The molecule has 23 heavy (non-hydrogen) atoms. The molecule has 0 spiro atoms. The molecule has 3 N–H and O–H groups in total. The van der Waals surface area contributed by atoms with Gasteiger partial charge in [-0.2, -0.15) is 5.01 Å². The van der Waals surface area contributed by atoms with Crippen LogP contribution in [0.1, 0.15) is 5.56 Å². The van der Waals surface area contributed by atoms with E-state index in [0.29, 0.717) is 6.73 Å². The molecule has 0 radical (unpaired) electrons. The van der Waals surface area contributed by atoms with E-state index in [1.54, 1.807) is 0 Å². The van der Waals surface area contributed by atoms with Crippen molar-refractivity contribution in [2.75, 3.05) is 44.1 Å². The van der Waals surface area contributed by atoms with Crippen LogP contribution in [0, 0.1) is 0 Å². The van der Waals surface area contributed by atoms with Gasteiger partial charge in [0.2, 0.25) is 0 Å². The molecule has 0 atom stereocenters. The number of fused-ring (bicyclic) bond motifs is 2. The van der Waals surface area contributed by atoms with Crippen molar-refractivity contribution < 1.29 is 4.74 Å². The van der Waals surface area contributed by atoms with Gasteiger partial charge >= 0.3 is 0 Å². The smallest absolute Gasteiger partial charge is 0.116 e. The Bertz CT molecular complexity index is 624. The van der Waals surface area contributed by atoms with Crippen molar-refractivity contribution in [2.24, 2.45) is 0 Å². The summed E-state index contributed by atoms with van der Waals surface area (Å²) in [6.45, 7) is 10.4. The highest BCUT2D eigenvalue weighted by molar-refractivity contribution is 6.76. The van der Waals surface area contributed by atoms with Crippen LogP contribution in [-0.4, -0.2) is 46.6 Å². The van der Waals surface area contributed by atoms with Gasteiger partial charge in [0.25, 0.3) is 0 Å². The molecule has 126 valence electrons. The van der Waals surface area contributed by atoms with Crippen LogP contribution in [0.5, 0.6) is 0 Å². The fourth-order valence-electron chi connectivity index (χ4n) is 3.15. The van der Waals surface area contributed by atoms with Gasteiger partial charge in [-0.3, -0.25) is 0 Å². The molecule has 0 aromatic heterocycles. The Hall–Kier alpha value is -1.50. The highest BCUT2D eigenvalue weighted by Gasteiger charge is 2.30. The van der Waals surface area contributed by atoms with Crippen LogP contribution in [0.4, 0.5) is 11.4 Å². The van der Waals surface area contributed by atoms with Gasteiger partial charge in [-0.15, -0.1) is 0 Å². The number of nitrogens with one attached hydrogen (secondary N) is 1. The van der Waals surface area contributed by atoms with Gasteiger partial charge in [-0.1, -0.05) is 31.8 Å². The van der Waals surface area contributed by atoms with Gasteiger partial charge in [0, 0.05) is 40.4 Å². The lowest BCUT2D eigenvalue weighted by atomic mass is 9.99. The molecule has 0 unspecified atom stereocenters. The molecular formula is C17H28N4OSi. The summed E-state index contributed by atoms with van der Waals surface area (Å²) in [7, 11) is 1.08. The Morgan fingerprint density at radius 2 is 2.04 bits per heavy atom. The maximum absolute atomic E-state index is 6.16. The van der Waals surface area contributed by atoms with Gasteiger partial charge in [0.15, 0.2) is 0 Å². The van der Waals surface area contributed by atoms with Crippen molar-refractivity contribution in [2.45, 2.75) is 25.7 Å². The normalized spacial score (nSPS) is 18.0. The van der Waals surface area contributed by atoms with E-state index in [-0.39, 0.29) is 0 Å². The maximum atomic E-state index is 6.16. The Kier molecular flexibility index (Phi) is 4.40. The van der Waals surface area contributed by atoms with Crippen LogP contribution in [0.2, 0.25) is 25.7 Å². The fraction of sp³-hybridized carbons (Fsp3) is 0.529. The minimum Gasteiger partial charge on any atom is -0.397 e. The van der Waals surface area contributed by atoms with Crippen molar-refractivity contribution in [3.63, 3.8) is 0 Å². The largest absolute Gasteiger partial charge is 0.397 e. The van der Waals surface area contributed by atoms with Crippen molar-refractivity contribution in [1.29, 1.82) is 0 Å². The number of nitrogen functional groups attached to an aromatic ring is 1. The number of nitrogens with two attached hydrogens (primary N) is 1. The first-order valence-electron chi connectivity index (χ1n) is 8.26. The van der Waals surface area contributed by atoms with Crippen LogP contribution < -0.4 is 16.1 Å². The number of para-hydroxylation sites is 1. The second-order valence-corrected chi connectivity index (χ2v) is 13.4. The van der Waals surface area contributed by atoms with E-state index in [1.165, 1.54) is 22.9 Å². The summed E-state index contributed by atoms with van der Waals surface area (Å²) in [6, 6.07) is 7.33. The summed E-state index contributed by atoms with van der Waals surface area (Å²) < 4.78 is 5.87. The Balaban J connectivity index is 1.63. The number of ether oxygens (including phenoxy) is 1. The Morgan fingerprint density at radius 1 is 1.26 bits per heavy atom. The molecule has 0 aliphatic carbocycles. The van der Waals surface area contributed by atoms with Crippen molar-refractivity contribution in [3.05, 3.63) is 29.3 Å². The standard InChI is InChI=1S/C17H28N4OSi/c1-20-10-13-11-21(12-22-8-9-23(2,3)4)19-16(13)14-6-5-7-15(18)17(14)20/h5-7,19H,8-12,18H2,1-4H3. The number of hydrogen-bond acceptors (Lipinski definition) is 5. The second kappa shape index (κ2) is 6.18. The minimum atomic E-state index is -1.02. The third-order valence-corrected chi connectivity index (χ3v) is 6.10. The molecule has 5 nitrogen and oxygen atoms in total. The lowest BCUT2D eigenvalue weighted by molar-refractivity contribution is 0.0284. The van der Waals surface area contributed by atoms with E-state index < -0.39 is 8.07 Å². The number of hydrogen-bond donors (Lipinski definition) is 2. The molecule has 1 aromatic carbocycles. The first kappa shape index (κ1) is 16.4. The maximum Gasteiger partial charge on any atom is 0.116 e. The van der Waals surface area contributed by atoms with Gasteiger partial charge in [0.1, 0.15) is 6.73 Å². The molecule has 1 aromatic rings. The third-order valence-electron chi connectivity index (χ3n) is 4.40. The summed E-state index contributed by atoms with van der Waals surface area (Å²) in [5, 5.41) is 2.15. The van der Waals surface area contributed by atoms with Crippen LogP contribution in [-0.2, 0) is 4.74 Å². The molecule has 0 fully saturated rings. The van der Waals surface area contributed by atoms with Crippen molar-refractivity contribution in [1.82, 2.24) is 10.4 Å². The average molecular weight is 333 g/mol. The van der Waals surface area contributed by atoms with E-state index in [4.69, 9.17) is 10.5 Å². The predicted octanol–water partition coefficient (Wildman–Crippen LogP) is 2.56. The van der Waals surface area contributed by atoms with Crippen molar-refractivity contribution >= 4 is 25.1 Å². The number of anilines is 2. The van der Waals surface area contributed by atoms with Gasteiger partial charge in [-0.05, 0) is 17.7 Å². The first-order valence-corrected chi connectivity index (χ1v) is 12.0. The van der Waals surface area contributed by atoms with Gasteiger partial charge in [-0.25, -0.2) is 0 Å². The predicted molar refractivity (Wildman–Crippen MR) is 99.9 cm³/mol. The number of rotatable bonds is 5. The van der Waals surface area contributed by atoms with E-state index in [1.807, 2.05) is 12.1 Å². The zero-order chi connectivity index (χ0) is 16.6. The lowest BCUT2D eigenvalue weighted by Crippen LogP contribution is -2.34. The highest BCUT2D eigenvalue weighted by Crippen LogP contribution is 2.38. The molecule has 2 aliphatic rings. The van der Waals surface area contributed by atoms with Gasteiger partial charge in [0.05, 0.1) is 17.1 Å². The Morgan fingerprint density at radius 3 is 2.78 bits per heavy atom. The summed E-state index contributed by atoms with van der Waals surface area (Å²) in [5.74, 6) is 0. The second-order valence-electron chi connectivity index (χ2n) is 7.74. The van der Waals surface area contributed by atoms with E-state index in [2.05, 4.69) is 48.1 Å². The summed E-state index contributed by atoms with van der Waals surface area (Å²) in [6.07, 6.45) is 0. The molecule has 0 amide bonds. The lowest BCUT2D eigenvalue weighted by Gasteiger charge is -2.29. The molecule has 2 aliphatic heterocycles. The van der Waals surface area contributed by atoms with E-state index >= 15 is 0 Å². The van der Waals surface area contributed by atoms with E-state index in [0.717, 1.165) is 31.1 Å². The van der Waals surface area contributed by atoms with Crippen LogP contribution in [0.25, 0.3) is 5.70 Å². The van der Waals surface area contributed by atoms with E-state index in [9.17, 15) is 0 Å². The van der Waals surface area contributed by atoms with Crippen molar-refractivity contribution in [3.8, 4) is 0 Å². The zero-order valence-electron chi connectivity index (χ0n) is 14.6. The summed E-state index contributed by atoms with van der Waals surface area (Å²) >= 11 is 0. The number of benzene rings is 1. The molecule has 2 heterocycles. The summed E-state index contributed by atoms with van der Waals surface area (Å²) in [4.78, 5) is 2.24. The van der Waals surface area contributed by atoms with Gasteiger partial charge < -0.3 is 20.8 Å². The third kappa shape index (κ3) is 3.54. The molecule has 0 bridgehead atoms. The topological polar surface area (TPSA) is 53.8 Å². The highest BCUT2D eigenvalue weighted by atomic mass is 28.3. The molecule has 0 saturated heterocycles. The van der Waals surface area contributed by atoms with Crippen LogP contribution in [0.3, 0.4) is 0 Å². The number of hydrazine groups is 1.